The van der Waals surface area contributed by atoms with Gasteiger partial charge in [0.1, 0.15) is 0 Å². The van der Waals surface area contributed by atoms with Gasteiger partial charge in [0.25, 0.3) is 0 Å². The van der Waals surface area contributed by atoms with Crippen LogP contribution in [-0.4, -0.2) is 5.49 Å². The average Bonchev–Trinajstić information content (AvgIpc) is 3.13. The minimum Gasteiger partial charge on any atom is -1.00 e. The van der Waals surface area contributed by atoms with Gasteiger partial charge in [0.05, 0.1) is 0 Å². The molecule has 4 heteroatoms. The summed E-state index contributed by atoms with van der Waals surface area (Å²) in [7, 11) is 0. The number of hydrogen-bond donors (Lipinski definition) is 0. The predicted octanol–water partition coefficient (Wildman–Crippen LogP) is -0.600. The molecule has 0 saturated heterocycles. The summed E-state index contributed by atoms with van der Waals surface area (Å²) < 4.78 is 1.57. The van der Waals surface area contributed by atoms with E-state index >= 15 is 0 Å². The normalized spacial score (nSPS) is 18.7. The van der Waals surface area contributed by atoms with Crippen LogP contribution in [0.4, 0.5) is 0 Å². The molecule has 122 valence electrons. The fourth-order valence-electron chi connectivity index (χ4n) is 3.86. The number of benzene rings is 2. The molecule has 2 aromatic carbocycles. The Balaban J connectivity index is 0.00000104. The number of rotatable bonds is 2. The van der Waals surface area contributed by atoms with Crippen molar-refractivity contribution < 1.29 is 44.9 Å². The molecule has 24 heavy (non-hydrogen) atoms. The summed E-state index contributed by atoms with van der Waals surface area (Å²) in [5.41, 5.74) is 5.96. The molecule has 2 atom stereocenters. The minimum absolute atomic E-state index is 0. The quantitative estimate of drug-likeness (QED) is 0.449. The van der Waals surface area contributed by atoms with E-state index in [-0.39, 0.29) is 30.3 Å². The maximum atomic E-state index is 2.57. The molecule has 0 radical (unpaired) electrons. The van der Waals surface area contributed by atoms with E-state index in [4.69, 9.17) is 0 Å². The van der Waals surface area contributed by atoms with E-state index in [2.05, 4.69) is 85.9 Å². The summed E-state index contributed by atoms with van der Waals surface area (Å²) in [5, 5.41) is 0. The molecule has 4 rings (SSSR count). The second-order valence-electron chi connectivity index (χ2n) is 6.39. The van der Waals surface area contributed by atoms with Gasteiger partial charge in [-0.05, 0) is 0 Å². The van der Waals surface area contributed by atoms with Crippen LogP contribution >= 0.6 is 0 Å². The van der Waals surface area contributed by atoms with Gasteiger partial charge >= 0.3 is 141 Å². The molecular formula is C20H20Cl2HfSi. The molecule has 0 spiro atoms. The van der Waals surface area contributed by atoms with Gasteiger partial charge in [-0.25, -0.2) is 0 Å². The number of fused-ring (bicyclic) bond motifs is 2. The van der Waals surface area contributed by atoms with Crippen LogP contribution in [0.1, 0.15) is 29.6 Å². The maximum absolute atomic E-state index is 2.57. The zero-order chi connectivity index (χ0) is 15.1. The van der Waals surface area contributed by atoms with Crippen molar-refractivity contribution in [2.75, 3.05) is 0 Å². The van der Waals surface area contributed by atoms with E-state index in [0.717, 1.165) is 7.35 Å². The SMILES string of the molecule is C[Si](C)=[Hf+2]([C@@H]1C=Cc2ccccc21)[C@H]1C=Cc2ccccc21.[Cl-].[Cl-]. The van der Waals surface area contributed by atoms with E-state index in [0.29, 0.717) is 0 Å². The van der Waals surface area contributed by atoms with Gasteiger partial charge < -0.3 is 24.8 Å². The van der Waals surface area contributed by atoms with E-state index in [1.165, 1.54) is 11.1 Å². The van der Waals surface area contributed by atoms with E-state index < -0.39 is 20.1 Å². The third-order valence-corrected chi connectivity index (χ3v) is 32.0. The average molecular weight is 538 g/mol. The topological polar surface area (TPSA) is 0 Å². The van der Waals surface area contributed by atoms with Crippen molar-refractivity contribution in [2.24, 2.45) is 0 Å². The van der Waals surface area contributed by atoms with Gasteiger partial charge in [0.15, 0.2) is 0 Å². The summed E-state index contributed by atoms with van der Waals surface area (Å²) in [6.07, 6.45) is 9.83. The first-order valence-corrected chi connectivity index (χ1v) is 20.0. The molecule has 0 nitrogen and oxygen atoms in total. The van der Waals surface area contributed by atoms with E-state index in [9.17, 15) is 0 Å². The number of allylic oxidation sites excluding steroid dienone is 2. The van der Waals surface area contributed by atoms with Gasteiger partial charge in [-0.1, -0.05) is 0 Å². The minimum atomic E-state index is -1.85. The molecule has 2 aromatic rings. The monoisotopic (exact) mass is 538 g/mol. The Morgan fingerprint density at radius 2 is 1.12 bits per heavy atom. The first-order valence-electron chi connectivity index (χ1n) is 7.97. The Labute approximate surface area is 165 Å². The molecule has 2 aliphatic carbocycles. The molecule has 0 aliphatic heterocycles. The number of hydrogen-bond acceptors (Lipinski definition) is 0. The van der Waals surface area contributed by atoms with Gasteiger partial charge in [-0.3, -0.25) is 0 Å². The van der Waals surface area contributed by atoms with Crippen molar-refractivity contribution in [3.8, 4) is 0 Å². The van der Waals surface area contributed by atoms with Crippen molar-refractivity contribution >= 4 is 17.6 Å². The fourth-order valence-corrected chi connectivity index (χ4v) is 30.5. The Morgan fingerprint density at radius 3 is 1.54 bits per heavy atom. The largest absolute Gasteiger partial charge is 1.00 e. The van der Waals surface area contributed by atoms with Crippen LogP contribution in [0.5, 0.6) is 0 Å². The molecule has 0 bridgehead atoms. The van der Waals surface area contributed by atoms with Crippen LogP contribution < -0.4 is 24.8 Å². The van der Waals surface area contributed by atoms with Crippen LogP contribution in [0.25, 0.3) is 12.2 Å². The van der Waals surface area contributed by atoms with Crippen molar-refractivity contribution in [2.45, 2.75) is 20.4 Å². The molecule has 0 fully saturated rings. The molecule has 0 heterocycles. The maximum Gasteiger partial charge on any atom is -1.00 e. The Morgan fingerprint density at radius 1 is 0.708 bits per heavy atom. The molecule has 2 aliphatic rings. The Kier molecular flexibility index (Phi) is 6.89. The second kappa shape index (κ2) is 8.31. The molecular weight excluding hydrogens is 518 g/mol. The molecule has 0 aromatic heterocycles. The van der Waals surface area contributed by atoms with Gasteiger partial charge in [-0.15, -0.1) is 0 Å². The van der Waals surface area contributed by atoms with Gasteiger partial charge in [0, 0.05) is 0 Å². The Bertz CT molecular complexity index is 772. The zero-order valence-corrected chi connectivity index (χ0v) is 19.9. The summed E-state index contributed by atoms with van der Waals surface area (Å²) >= 11 is -1.85. The Hall–Kier alpha value is -0.413. The number of halogens is 2. The zero-order valence-electron chi connectivity index (χ0n) is 13.8. The van der Waals surface area contributed by atoms with Gasteiger partial charge in [-0.2, -0.15) is 0 Å². The van der Waals surface area contributed by atoms with Crippen LogP contribution in [0.3, 0.4) is 0 Å². The van der Waals surface area contributed by atoms with Crippen molar-refractivity contribution in [3.63, 3.8) is 0 Å². The second-order valence-corrected chi connectivity index (χ2v) is 31.6. The third kappa shape index (κ3) is 3.44. The third-order valence-electron chi connectivity index (χ3n) is 4.85. The summed E-state index contributed by atoms with van der Waals surface area (Å²) in [6, 6.07) is 18.1. The van der Waals surface area contributed by atoms with Crippen molar-refractivity contribution in [3.05, 3.63) is 82.9 Å². The van der Waals surface area contributed by atoms with Crippen LogP contribution in [0.2, 0.25) is 13.1 Å². The first kappa shape index (κ1) is 19.9. The molecule has 0 N–H and O–H groups in total. The molecule has 0 unspecified atom stereocenters. The van der Waals surface area contributed by atoms with Crippen LogP contribution in [-0.2, 0) is 20.1 Å². The molecule has 0 saturated carbocycles. The first-order chi connectivity index (χ1) is 10.8. The van der Waals surface area contributed by atoms with E-state index in [1.54, 1.807) is 11.1 Å². The summed E-state index contributed by atoms with van der Waals surface area (Å²) in [6.45, 7) is 5.13. The van der Waals surface area contributed by atoms with Crippen molar-refractivity contribution in [1.82, 2.24) is 0 Å². The fraction of sp³-hybridized carbons (Fsp3) is 0.200. The van der Waals surface area contributed by atoms with Crippen LogP contribution in [0.15, 0.2) is 60.7 Å². The molecule has 0 amide bonds. The van der Waals surface area contributed by atoms with E-state index in [1.807, 2.05) is 0 Å². The summed E-state index contributed by atoms with van der Waals surface area (Å²) in [4.78, 5) is 0. The van der Waals surface area contributed by atoms with Crippen LogP contribution in [0, 0.1) is 0 Å². The predicted molar refractivity (Wildman–Crippen MR) is 93.9 cm³/mol. The standard InChI is InChI=1S/2C9H7.C2H6Si.2ClH.Hf/c2*1-2-5-9-7-3-6-8(9)4-1;1-3-2;;;/h2*1-7H;1-2H3;2*1H;/q;;;;;+2/p-2. The van der Waals surface area contributed by atoms with Gasteiger partial charge in [0.2, 0.25) is 0 Å². The smallest absolute Gasteiger partial charge is 1.00 e. The summed E-state index contributed by atoms with van der Waals surface area (Å²) in [5.74, 6) is 0. The van der Waals surface area contributed by atoms with Crippen molar-refractivity contribution in [1.29, 1.82) is 0 Å².